The third-order valence-corrected chi connectivity index (χ3v) is 2.10. The Morgan fingerprint density at radius 2 is 1.94 bits per heavy atom. The van der Waals surface area contributed by atoms with Crippen LogP contribution in [0.15, 0.2) is 18.3 Å². The Morgan fingerprint density at radius 3 is 2.44 bits per heavy atom. The van der Waals surface area contributed by atoms with E-state index >= 15 is 0 Å². The van der Waals surface area contributed by atoms with E-state index in [4.69, 9.17) is 4.74 Å². The van der Waals surface area contributed by atoms with Gasteiger partial charge in [0.05, 0.1) is 5.60 Å². The number of carbonyl (C=O) groups excluding carboxylic acids is 1. The Labute approximate surface area is 107 Å². The smallest absolute Gasteiger partial charge is 0.413 e. The van der Waals surface area contributed by atoms with E-state index in [0.717, 1.165) is 0 Å². The molecule has 1 rings (SSSR count). The van der Waals surface area contributed by atoms with Gasteiger partial charge in [0, 0.05) is 6.20 Å². The second-order valence-corrected chi connectivity index (χ2v) is 5.62. The summed E-state index contributed by atoms with van der Waals surface area (Å²) in [6.45, 7) is 8.69. The molecule has 18 heavy (non-hydrogen) atoms. The van der Waals surface area contributed by atoms with E-state index in [0.29, 0.717) is 11.4 Å². The van der Waals surface area contributed by atoms with Crippen LogP contribution in [-0.2, 0) is 10.3 Å². The highest BCUT2D eigenvalue weighted by Gasteiger charge is 2.19. The van der Waals surface area contributed by atoms with Gasteiger partial charge < -0.3 is 9.84 Å². The van der Waals surface area contributed by atoms with Gasteiger partial charge in [-0.1, -0.05) is 0 Å². The van der Waals surface area contributed by atoms with Crippen LogP contribution in [0.1, 0.15) is 40.2 Å². The van der Waals surface area contributed by atoms with Crippen LogP contribution in [0.3, 0.4) is 0 Å². The number of carbonyl (C=O) groups is 1. The number of ether oxygens (including phenoxy) is 1. The van der Waals surface area contributed by atoms with Crippen LogP contribution >= 0.6 is 0 Å². The minimum Gasteiger partial charge on any atom is -0.444 e. The summed E-state index contributed by atoms with van der Waals surface area (Å²) in [7, 11) is 0. The SMILES string of the molecule is CC(C)(C)OC(=O)Nc1cc(C(C)(C)O)ccn1. The zero-order valence-corrected chi connectivity index (χ0v) is 11.4. The number of anilines is 1. The monoisotopic (exact) mass is 252 g/mol. The maximum absolute atomic E-state index is 11.6. The summed E-state index contributed by atoms with van der Waals surface area (Å²) in [6.07, 6.45) is 0.961. The summed E-state index contributed by atoms with van der Waals surface area (Å²) in [6, 6.07) is 3.31. The molecule has 1 amide bonds. The van der Waals surface area contributed by atoms with E-state index in [1.807, 2.05) is 0 Å². The number of hydrogen-bond acceptors (Lipinski definition) is 4. The molecule has 1 aromatic rings. The first-order valence-electron chi connectivity index (χ1n) is 5.77. The van der Waals surface area contributed by atoms with Gasteiger partial charge in [-0.3, -0.25) is 5.32 Å². The van der Waals surface area contributed by atoms with Gasteiger partial charge in [-0.05, 0) is 52.3 Å². The molecule has 0 aromatic carbocycles. The van der Waals surface area contributed by atoms with Gasteiger partial charge in [-0.25, -0.2) is 9.78 Å². The Hall–Kier alpha value is -1.62. The molecule has 0 spiro atoms. The molecule has 0 bridgehead atoms. The summed E-state index contributed by atoms with van der Waals surface area (Å²) in [5.74, 6) is 0.351. The van der Waals surface area contributed by atoms with Crippen molar-refractivity contribution < 1.29 is 14.6 Å². The van der Waals surface area contributed by atoms with E-state index in [-0.39, 0.29) is 0 Å². The largest absolute Gasteiger partial charge is 0.444 e. The van der Waals surface area contributed by atoms with Crippen molar-refractivity contribution in [2.45, 2.75) is 45.8 Å². The highest BCUT2D eigenvalue weighted by molar-refractivity contribution is 5.83. The summed E-state index contributed by atoms with van der Waals surface area (Å²) in [4.78, 5) is 15.6. The van der Waals surface area contributed by atoms with E-state index in [1.54, 1.807) is 46.8 Å². The van der Waals surface area contributed by atoms with Crippen LogP contribution in [-0.4, -0.2) is 21.8 Å². The number of aliphatic hydroxyl groups is 1. The third kappa shape index (κ3) is 4.71. The molecule has 0 aliphatic heterocycles. The topological polar surface area (TPSA) is 71.5 Å². The van der Waals surface area contributed by atoms with Crippen molar-refractivity contribution in [2.24, 2.45) is 0 Å². The minimum atomic E-state index is -0.979. The van der Waals surface area contributed by atoms with E-state index in [1.165, 1.54) is 6.20 Å². The first-order chi connectivity index (χ1) is 8.08. The molecule has 0 saturated heterocycles. The molecule has 100 valence electrons. The molecule has 0 fully saturated rings. The Kier molecular flexibility index (Phi) is 3.96. The Balaban J connectivity index is 2.77. The number of nitrogens with zero attached hydrogens (tertiary/aromatic N) is 1. The standard InChI is InChI=1S/C13H20N2O3/c1-12(2,3)18-11(16)15-10-8-9(6-7-14-10)13(4,5)17/h6-8,17H,1-5H3,(H,14,15,16). The lowest BCUT2D eigenvalue weighted by Crippen LogP contribution is -2.27. The highest BCUT2D eigenvalue weighted by atomic mass is 16.6. The Bertz CT molecular complexity index is 431. The van der Waals surface area contributed by atoms with Crippen molar-refractivity contribution in [1.29, 1.82) is 0 Å². The summed E-state index contributed by atoms with van der Waals surface area (Å²) < 4.78 is 5.11. The molecule has 0 atom stereocenters. The number of aromatic nitrogens is 1. The van der Waals surface area contributed by atoms with Crippen molar-refractivity contribution in [1.82, 2.24) is 4.98 Å². The number of nitrogens with one attached hydrogen (secondary N) is 1. The fourth-order valence-electron chi connectivity index (χ4n) is 1.29. The maximum Gasteiger partial charge on any atom is 0.413 e. The van der Waals surface area contributed by atoms with Gasteiger partial charge in [-0.15, -0.1) is 0 Å². The van der Waals surface area contributed by atoms with E-state index in [2.05, 4.69) is 10.3 Å². The number of pyridine rings is 1. The lowest BCUT2D eigenvalue weighted by molar-refractivity contribution is 0.0633. The molecule has 0 radical (unpaired) electrons. The quantitative estimate of drug-likeness (QED) is 0.848. The van der Waals surface area contributed by atoms with Gasteiger partial charge in [-0.2, -0.15) is 0 Å². The van der Waals surface area contributed by atoms with Crippen LogP contribution < -0.4 is 5.32 Å². The van der Waals surface area contributed by atoms with Crippen LogP contribution in [0.25, 0.3) is 0 Å². The molecule has 0 unspecified atom stereocenters. The number of rotatable bonds is 2. The number of amides is 1. The van der Waals surface area contributed by atoms with Crippen LogP contribution in [0.2, 0.25) is 0 Å². The van der Waals surface area contributed by atoms with Gasteiger partial charge in [0.1, 0.15) is 11.4 Å². The first kappa shape index (κ1) is 14.4. The highest BCUT2D eigenvalue weighted by Crippen LogP contribution is 2.21. The molecule has 5 heteroatoms. The predicted octanol–water partition coefficient (Wildman–Crippen LogP) is 2.66. The second-order valence-electron chi connectivity index (χ2n) is 5.62. The van der Waals surface area contributed by atoms with Gasteiger partial charge in [0.2, 0.25) is 0 Å². The third-order valence-electron chi connectivity index (χ3n) is 2.10. The van der Waals surface area contributed by atoms with Crippen LogP contribution in [0, 0.1) is 0 Å². The van der Waals surface area contributed by atoms with Crippen molar-refractivity contribution in [3.8, 4) is 0 Å². The van der Waals surface area contributed by atoms with Crippen LogP contribution in [0.5, 0.6) is 0 Å². The molecular formula is C13H20N2O3. The van der Waals surface area contributed by atoms with Crippen molar-refractivity contribution in [3.63, 3.8) is 0 Å². The zero-order valence-electron chi connectivity index (χ0n) is 11.4. The molecule has 0 aliphatic rings. The molecule has 5 nitrogen and oxygen atoms in total. The fourth-order valence-corrected chi connectivity index (χ4v) is 1.29. The normalized spacial score (nSPS) is 12.1. The fraction of sp³-hybridized carbons (Fsp3) is 0.538. The minimum absolute atomic E-state index is 0.351. The summed E-state index contributed by atoms with van der Waals surface area (Å²) in [5, 5.41) is 12.4. The first-order valence-corrected chi connectivity index (χ1v) is 5.77. The summed E-state index contributed by atoms with van der Waals surface area (Å²) in [5.41, 5.74) is -0.867. The molecule has 0 saturated carbocycles. The molecule has 1 aromatic heterocycles. The number of hydrogen-bond donors (Lipinski definition) is 2. The molecular weight excluding hydrogens is 232 g/mol. The van der Waals surface area contributed by atoms with Crippen molar-refractivity contribution in [3.05, 3.63) is 23.9 Å². The van der Waals surface area contributed by atoms with Gasteiger partial charge in [0.15, 0.2) is 0 Å². The zero-order chi connectivity index (χ0) is 14.0. The molecule has 2 N–H and O–H groups in total. The predicted molar refractivity (Wildman–Crippen MR) is 69.3 cm³/mol. The maximum atomic E-state index is 11.6. The lowest BCUT2D eigenvalue weighted by atomic mass is 10.00. The average Bonchev–Trinajstić information content (AvgIpc) is 2.13. The summed E-state index contributed by atoms with van der Waals surface area (Å²) >= 11 is 0. The average molecular weight is 252 g/mol. The van der Waals surface area contributed by atoms with E-state index in [9.17, 15) is 9.90 Å². The molecule has 0 aliphatic carbocycles. The van der Waals surface area contributed by atoms with Crippen LogP contribution in [0.4, 0.5) is 10.6 Å². The van der Waals surface area contributed by atoms with E-state index < -0.39 is 17.3 Å². The second kappa shape index (κ2) is 4.94. The lowest BCUT2D eigenvalue weighted by Gasteiger charge is -2.20. The molecule has 1 heterocycles. The Morgan fingerprint density at radius 1 is 1.33 bits per heavy atom. The van der Waals surface area contributed by atoms with Gasteiger partial charge >= 0.3 is 6.09 Å². The van der Waals surface area contributed by atoms with Crippen molar-refractivity contribution >= 4 is 11.9 Å². The van der Waals surface area contributed by atoms with Gasteiger partial charge in [0.25, 0.3) is 0 Å². The van der Waals surface area contributed by atoms with Crippen molar-refractivity contribution in [2.75, 3.05) is 5.32 Å².